The quantitative estimate of drug-likeness (QED) is 0.666. The third kappa shape index (κ3) is 2.19. The first kappa shape index (κ1) is 9.05. The lowest BCUT2D eigenvalue weighted by molar-refractivity contribution is 0.168. The fraction of sp³-hybridized carbons (Fsp3) is 1.00. The summed E-state index contributed by atoms with van der Waals surface area (Å²) in [6, 6.07) is 0. The maximum Gasteiger partial charge on any atom is -0.00720 e. The molecule has 0 saturated heterocycles. The topological polar surface area (TPSA) is 26.0 Å². The van der Waals surface area contributed by atoms with Gasteiger partial charge in [-0.05, 0) is 31.2 Å². The van der Waals surface area contributed by atoms with Crippen molar-refractivity contribution in [3.05, 3.63) is 0 Å². The summed E-state index contributed by atoms with van der Waals surface area (Å²) >= 11 is 0. The van der Waals surface area contributed by atoms with Crippen LogP contribution in [0.15, 0.2) is 0 Å². The minimum absolute atomic E-state index is 0.646. The molecule has 1 nitrogen and oxygen atoms in total. The summed E-state index contributed by atoms with van der Waals surface area (Å²) in [5.41, 5.74) is 6.27. The van der Waals surface area contributed by atoms with Crippen molar-refractivity contribution in [2.24, 2.45) is 11.1 Å². The van der Waals surface area contributed by atoms with E-state index < -0.39 is 0 Å². The Kier molecular flexibility index (Phi) is 3.38. The van der Waals surface area contributed by atoms with Crippen molar-refractivity contribution in [1.82, 2.24) is 0 Å². The van der Waals surface area contributed by atoms with E-state index in [4.69, 9.17) is 5.73 Å². The molecular formula is C10H21N. The molecule has 1 aliphatic carbocycles. The van der Waals surface area contributed by atoms with Crippen LogP contribution in [0.1, 0.15) is 51.9 Å². The third-order valence-corrected chi connectivity index (χ3v) is 3.34. The van der Waals surface area contributed by atoms with Gasteiger partial charge in [0, 0.05) is 0 Å². The third-order valence-electron chi connectivity index (χ3n) is 3.34. The lowest BCUT2D eigenvalue weighted by Gasteiger charge is -2.36. The highest BCUT2D eigenvalue weighted by atomic mass is 14.5. The normalized spacial score (nSPS) is 23.5. The van der Waals surface area contributed by atoms with E-state index in [-0.39, 0.29) is 0 Å². The number of rotatable bonds is 3. The lowest BCUT2D eigenvalue weighted by atomic mass is 9.70. The van der Waals surface area contributed by atoms with Crippen molar-refractivity contribution in [3.8, 4) is 0 Å². The van der Waals surface area contributed by atoms with Crippen molar-refractivity contribution >= 4 is 0 Å². The van der Waals surface area contributed by atoms with Crippen LogP contribution in [-0.2, 0) is 0 Å². The molecular weight excluding hydrogens is 134 g/mol. The van der Waals surface area contributed by atoms with E-state index in [1.165, 1.54) is 44.9 Å². The van der Waals surface area contributed by atoms with Gasteiger partial charge in [-0.25, -0.2) is 0 Å². The van der Waals surface area contributed by atoms with Gasteiger partial charge in [0.1, 0.15) is 0 Å². The highest BCUT2D eigenvalue weighted by molar-refractivity contribution is 4.81. The van der Waals surface area contributed by atoms with Crippen LogP contribution in [0.3, 0.4) is 0 Å². The van der Waals surface area contributed by atoms with Crippen LogP contribution in [0.25, 0.3) is 0 Å². The molecule has 1 rings (SSSR count). The van der Waals surface area contributed by atoms with Gasteiger partial charge in [0.15, 0.2) is 0 Å². The van der Waals surface area contributed by atoms with Crippen LogP contribution in [0.2, 0.25) is 0 Å². The van der Waals surface area contributed by atoms with Gasteiger partial charge in [0.25, 0.3) is 0 Å². The molecule has 0 atom stereocenters. The first-order valence-corrected chi connectivity index (χ1v) is 5.03. The fourth-order valence-electron chi connectivity index (χ4n) is 2.39. The Morgan fingerprint density at radius 3 is 2.27 bits per heavy atom. The largest absolute Gasteiger partial charge is 0.330 e. The maximum atomic E-state index is 5.62. The SMILES string of the molecule is CCC1(CCN)CCCCC1. The Morgan fingerprint density at radius 1 is 1.18 bits per heavy atom. The van der Waals surface area contributed by atoms with Crippen LogP contribution in [0.4, 0.5) is 0 Å². The standard InChI is InChI=1S/C10H21N/c1-2-10(8-9-11)6-4-3-5-7-10/h2-9,11H2,1H3. The van der Waals surface area contributed by atoms with Crippen LogP contribution in [-0.4, -0.2) is 6.54 Å². The van der Waals surface area contributed by atoms with E-state index in [0.29, 0.717) is 5.41 Å². The molecule has 0 radical (unpaired) electrons. The predicted molar refractivity (Wildman–Crippen MR) is 49.5 cm³/mol. The Bertz CT molecular complexity index is 97.9. The number of hydrogen-bond donors (Lipinski definition) is 1. The van der Waals surface area contributed by atoms with Crippen molar-refractivity contribution in [2.45, 2.75) is 51.9 Å². The Hall–Kier alpha value is -0.0400. The Morgan fingerprint density at radius 2 is 1.82 bits per heavy atom. The van der Waals surface area contributed by atoms with Gasteiger partial charge in [0.05, 0.1) is 0 Å². The van der Waals surface area contributed by atoms with Gasteiger partial charge in [-0.3, -0.25) is 0 Å². The monoisotopic (exact) mass is 155 g/mol. The molecule has 0 aromatic rings. The molecule has 1 aliphatic rings. The first-order chi connectivity index (χ1) is 5.33. The minimum atomic E-state index is 0.646. The second-order valence-electron chi connectivity index (χ2n) is 3.95. The zero-order valence-corrected chi connectivity index (χ0v) is 7.73. The summed E-state index contributed by atoms with van der Waals surface area (Å²) in [5.74, 6) is 0. The smallest absolute Gasteiger partial charge is 0.00720 e. The van der Waals surface area contributed by atoms with Crippen molar-refractivity contribution in [2.75, 3.05) is 6.54 Å². The molecule has 0 aromatic heterocycles. The van der Waals surface area contributed by atoms with Gasteiger partial charge < -0.3 is 5.73 Å². The van der Waals surface area contributed by atoms with E-state index in [9.17, 15) is 0 Å². The molecule has 11 heavy (non-hydrogen) atoms. The summed E-state index contributed by atoms with van der Waals surface area (Å²) in [4.78, 5) is 0. The molecule has 1 fully saturated rings. The molecule has 0 aliphatic heterocycles. The van der Waals surface area contributed by atoms with E-state index in [1.54, 1.807) is 0 Å². The summed E-state index contributed by atoms with van der Waals surface area (Å²) in [5, 5.41) is 0. The highest BCUT2D eigenvalue weighted by Crippen LogP contribution is 2.41. The highest BCUT2D eigenvalue weighted by Gasteiger charge is 2.28. The van der Waals surface area contributed by atoms with Crippen molar-refractivity contribution < 1.29 is 0 Å². The van der Waals surface area contributed by atoms with E-state index in [1.807, 2.05) is 0 Å². The van der Waals surface area contributed by atoms with Crippen LogP contribution >= 0.6 is 0 Å². The molecule has 1 heteroatoms. The Balaban J connectivity index is 2.42. The second kappa shape index (κ2) is 4.10. The van der Waals surface area contributed by atoms with Crippen LogP contribution in [0, 0.1) is 5.41 Å². The first-order valence-electron chi connectivity index (χ1n) is 5.03. The Labute approximate surface area is 70.4 Å². The summed E-state index contributed by atoms with van der Waals surface area (Å²) in [6.07, 6.45) is 9.78. The van der Waals surface area contributed by atoms with E-state index in [0.717, 1.165) is 6.54 Å². The fourth-order valence-corrected chi connectivity index (χ4v) is 2.39. The molecule has 66 valence electrons. The second-order valence-corrected chi connectivity index (χ2v) is 3.95. The van der Waals surface area contributed by atoms with Crippen LogP contribution in [0.5, 0.6) is 0 Å². The van der Waals surface area contributed by atoms with E-state index >= 15 is 0 Å². The molecule has 0 bridgehead atoms. The molecule has 2 N–H and O–H groups in total. The molecule has 0 unspecified atom stereocenters. The van der Waals surface area contributed by atoms with Crippen molar-refractivity contribution in [1.29, 1.82) is 0 Å². The van der Waals surface area contributed by atoms with E-state index in [2.05, 4.69) is 6.92 Å². The molecule has 0 aromatic carbocycles. The summed E-state index contributed by atoms with van der Waals surface area (Å²) in [7, 11) is 0. The predicted octanol–water partition coefficient (Wildman–Crippen LogP) is 2.70. The van der Waals surface area contributed by atoms with Crippen molar-refractivity contribution in [3.63, 3.8) is 0 Å². The average Bonchev–Trinajstić information content (AvgIpc) is 2.07. The van der Waals surface area contributed by atoms with Gasteiger partial charge >= 0.3 is 0 Å². The zero-order valence-electron chi connectivity index (χ0n) is 7.73. The average molecular weight is 155 g/mol. The number of hydrogen-bond acceptors (Lipinski definition) is 1. The summed E-state index contributed by atoms with van der Waals surface area (Å²) in [6.45, 7) is 3.20. The maximum absolute atomic E-state index is 5.62. The summed E-state index contributed by atoms with van der Waals surface area (Å²) < 4.78 is 0. The minimum Gasteiger partial charge on any atom is -0.330 e. The molecule has 0 amide bonds. The van der Waals surface area contributed by atoms with Gasteiger partial charge in [-0.15, -0.1) is 0 Å². The van der Waals surface area contributed by atoms with Gasteiger partial charge in [0.2, 0.25) is 0 Å². The molecule has 0 spiro atoms. The molecule has 0 heterocycles. The molecule has 1 saturated carbocycles. The van der Waals surface area contributed by atoms with Crippen LogP contribution < -0.4 is 5.73 Å². The lowest BCUT2D eigenvalue weighted by Crippen LogP contribution is -2.26. The van der Waals surface area contributed by atoms with Gasteiger partial charge in [-0.2, -0.15) is 0 Å². The number of nitrogens with two attached hydrogens (primary N) is 1. The van der Waals surface area contributed by atoms with Gasteiger partial charge in [-0.1, -0.05) is 32.6 Å². The zero-order chi connectivity index (χ0) is 8.16.